The molecule has 1 aromatic carbocycles. The normalized spacial score (nSPS) is 13.3. The Morgan fingerprint density at radius 2 is 2.07 bits per heavy atom. The smallest absolute Gasteiger partial charge is 0.274 e. The van der Waals surface area contributed by atoms with Gasteiger partial charge in [-0.15, -0.1) is 0 Å². The van der Waals surface area contributed by atoms with Crippen molar-refractivity contribution in [2.24, 2.45) is 4.99 Å². The van der Waals surface area contributed by atoms with Gasteiger partial charge < -0.3 is 10.2 Å². The molecule has 6 heteroatoms. The maximum atomic E-state index is 13.2. The Morgan fingerprint density at radius 1 is 1.29 bits per heavy atom. The predicted octanol–water partition coefficient (Wildman–Crippen LogP) is 3.37. The van der Waals surface area contributed by atoms with Crippen LogP contribution in [0.15, 0.2) is 53.7 Å². The number of aliphatic imine (C=N–C) groups is 1. The van der Waals surface area contributed by atoms with Crippen molar-refractivity contribution in [3.8, 4) is 11.3 Å². The molecule has 1 aromatic heterocycles. The maximum absolute atomic E-state index is 13.2. The number of rotatable bonds is 7. The van der Waals surface area contributed by atoms with Crippen molar-refractivity contribution >= 4 is 17.8 Å². The van der Waals surface area contributed by atoms with E-state index in [4.69, 9.17) is 5.10 Å². The molecule has 0 saturated carbocycles. The van der Waals surface area contributed by atoms with Gasteiger partial charge in [-0.1, -0.05) is 42.5 Å². The SMILES string of the molecule is CCN(CCNC)C(=O)c1nn(C2=CCC=CN=C2)c(-c2ccccc2)c1C. The first-order valence-corrected chi connectivity index (χ1v) is 9.65. The van der Waals surface area contributed by atoms with Gasteiger partial charge >= 0.3 is 0 Å². The van der Waals surface area contributed by atoms with Crippen molar-refractivity contribution in [1.29, 1.82) is 0 Å². The lowest BCUT2D eigenvalue weighted by Gasteiger charge is -2.19. The summed E-state index contributed by atoms with van der Waals surface area (Å²) in [5.41, 5.74) is 4.18. The second kappa shape index (κ2) is 9.28. The van der Waals surface area contributed by atoms with Gasteiger partial charge in [0.05, 0.1) is 17.6 Å². The topological polar surface area (TPSA) is 62.5 Å². The fraction of sp³-hybridized carbons (Fsp3) is 0.318. The number of carbonyl (C=O) groups excluding carboxylic acids is 1. The average Bonchev–Trinajstić information content (AvgIpc) is 2.88. The molecule has 0 saturated heterocycles. The van der Waals surface area contributed by atoms with E-state index in [-0.39, 0.29) is 5.91 Å². The molecule has 0 aliphatic carbocycles. The zero-order valence-electron chi connectivity index (χ0n) is 16.7. The van der Waals surface area contributed by atoms with E-state index in [0.29, 0.717) is 18.8 Å². The Balaban J connectivity index is 2.10. The molecule has 2 aromatic rings. The predicted molar refractivity (Wildman–Crippen MR) is 114 cm³/mol. The fourth-order valence-corrected chi connectivity index (χ4v) is 3.24. The maximum Gasteiger partial charge on any atom is 0.274 e. The summed E-state index contributed by atoms with van der Waals surface area (Å²) >= 11 is 0. The van der Waals surface area contributed by atoms with Crippen molar-refractivity contribution in [3.05, 3.63) is 59.9 Å². The Hall–Kier alpha value is -2.99. The lowest BCUT2D eigenvalue weighted by atomic mass is 10.1. The van der Waals surface area contributed by atoms with Crippen LogP contribution in [0, 0.1) is 6.92 Å². The number of benzene rings is 1. The summed E-state index contributed by atoms with van der Waals surface area (Å²) in [6, 6.07) is 10.1. The number of allylic oxidation sites excluding steroid dienone is 3. The highest BCUT2D eigenvalue weighted by atomic mass is 16.2. The van der Waals surface area contributed by atoms with Crippen LogP contribution in [-0.2, 0) is 0 Å². The molecule has 28 heavy (non-hydrogen) atoms. The molecule has 0 unspecified atom stereocenters. The van der Waals surface area contributed by atoms with Crippen LogP contribution in [0.25, 0.3) is 17.0 Å². The molecule has 1 aliphatic rings. The highest BCUT2D eigenvalue weighted by Gasteiger charge is 2.25. The van der Waals surface area contributed by atoms with Gasteiger partial charge in [0.2, 0.25) is 0 Å². The van der Waals surface area contributed by atoms with Gasteiger partial charge in [0.1, 0.15) is 0 Å². The number of nitrogens with zero attached hydrogens (tertiary/aromatic N) is 4. The Morgan fingerprint density at radius 3 is 2.79 bits per heavy atom. The van der Waals surface area contributed by atoms with E-state index in [1.165, 1.54) is 0 Å². The highest BCUT2D eigenvalue weighted by molar-refractivity contribution is 6.05. The molecule has 146 valence electrons. The van der Waals surface area contributed by atoms with Crippen molar-refractivity contribution in [2.45, 2.75) is 20.3 Å². The molecule has 1 N–H and O–H groups in total. The van der Waals surface area contributed by atoms with Gasteiger partial charge in [0.25, 0.3) is 5.91 Å². The van der Waals surface area contributed by atoms with Crippen LogP contribution in [0.5, 0.6) is 0 Å². The van der Waals surface area contributed by atoms with Gasteiger partial charge in [0.15, 0.2) is 5.69 Å². The van der Waals surface area contributed by atoms with E-state index >= 15 is 0 Å². The first-order valence-electron chi connectivity index (χ1n) is 9.65. The van der Waals surface area contributed by atoms with Crippen LogP contribution >= 0.6 is 0 Å². The third-order valence-electron chi connectivity index (χ3n) is 4.78. The summed E-state index contributed by atoms with van der Waals surface area (Å²) in [4.78, 5) is 19.3. The number of likely N-dealkylation sites (N-methyl/N-ethyl adjacent to an activating group) is 2. The van der Waals surface area contributed by atoms with E-state index in [1.54, 1.807) is 12.4 Å². The van der Waals surface area contributed by atoms with Gasteiger partial charge in [0, 0.05) is 37.0 Å². The van der Waals surface area contributed by atoms with Crippen molar-refractivity contribution < 1.29 is 4.79 Å². The fourth-order valence-electron chi connectivity index (χ4n) is 3.24. The minimum absolute atomic E-state index is 0.0459. The van der Waals surface area contributed by atoms with Crippen LogP contribution in [0.1, 0.15) is 29.4 Å². The van der Waals surface area contributed by atoms with Crippen LogP contribution < -0.4 is 5.32 Å². The Bertz CT molecular complexity index is 909. The number of hydrogen-bond acceptors (Lipinski definition) is 4. The quantitative estimate of drug-likeness (QED) is 0.805. The van der Waals surface area contributed by atoms with E-state index in [1.807, 2.05) is 66.9 Å². The lowest BCUT2D eigenvalue weighted by molar-refractivity contribution is 0.0759. The summed E-state index contributed by atoms with van der Waals surface area (Å²) < 4.78 is 1.85. The number of carbonyl (C=O) groups is 1. The molecule has 2 heterocycles. The first kappa shape index (κ1) is 19.8. The summed E-state index contributed by atoms with van der Waals surface area (Å²) in [5, 5.41) is 7.85. The van der Waals surface area contributed by atoms with Crippen molar-refractivity contribution in [1.82, 2.24) is 20.0 Å². The van der Waals surface area contributed by atoms with Crippen LogP contribution in [0.3, 0.4) is 0 Å². The van der Waals surface area contributed by atoms with Gasteiger partial charge in [-0.3, -0.25) is 9.79 Å². The monoisotopic (exact) mass is 377 g/mol. The molecule has 1 aliphatic heterocycles. The summed E-state index contributed by atoms with van der Waals surface area (Å²) in [6.07, 6.45) is 8.40. The molecule has 0 fully saturated rings. The number of aromatic nitrogens is 2. The van der Waals surface area contributed by atoms with Crippen LogP contribution in [-0.4, -0.2) is 53.5 Å². The largest absolute Gasteiger partial charge is 0.336 e. The molecular formula is C22H27N5O. The average molecular weight is 377 g/mol. The Labute approximate surface area is 166 Å². The van der Waals surface area contributed by atoms with E-state index in [2.05, 4.69) is 16.4 Å². The van der Waals surface area contributed by atoms with Gasteiger partial charge in [-0.25, -0.2) is 4.68 Å². The molecule has 6 nitrogen and oxygen atoms in total. The van der Waals surface area contributed by atoms with Crippen molar-refractivity contribution in [3.63, 3.8) is 0 Å². The first-order chi connectivity index (χ1) is 13.7. The third kappa shape index (κ3) is 4.12. The van der Waals surface area contributed by atoms with Gasteiger partial charge in [-0.2, -0.15) is 5.10 Å². The minimum Gasteiger partial charge on any atom is -0.336 e. The standard InChI is InChI=1S/C22H27N5O/c1-4-26(15-14-23-3)22(28)20-17(2)21(18-10-6-5-7-11-18)27(25-20)19-12-8-9-13-24-16-19/h5-7,9-13,16,23H,4,8,14-15H2,1-3H3. The van der Waals surface area contributed by atoms with Crippen LogP contribution in [0.4, 0.5) is 0 Å². The summed E-state index contributed by atoms with van der Waals surface area (Å²) in [7, 11) is 1.89. The van der Waals surface area contributed by atoms with Crippen LogP contribution in [0.2, 0.25) is 0 Å². The molecule has 0 atom stereocenters. The minimum atomic E-state index is -0.0459. The van der Waals surface area contributed by atoms with E-state index in [0.717, 1.165) is 35.5 Å². The highest BCUT2D eigenvalue weighted by Crippen LogP contribution is 2.29. The molecule has 1 amide bonds. The number of nitrogens with one attached hydrogen (secondary N) is 1. The second-order valence-corrected chi connectivity index (χ2v) is 6.62. The number of hydrogen-bond donors (Lipinski definition) is 1. The van der Waals surface area contributed by atoms with Crippen molar-refractivity contribution in [2.75, 3.05) is 26.7 Å². The molecular weight excluding hydrogens is 350 g/mol. The summed E-state index contributed by atoms with van der Waals surface area (Å²) in [5.74, 6) is -0.0459. The zero-order valence-corrected chi connectivity index (χ0v) is 16.7. The lowest BCUT2D eigenvalue weighted by Crippen LogP contribution is -2.36. The molecule has 0 spiro atoms. The third-order valence-corrected chi connectivity index (χ3v) is 4.78. The Kier molecular flexibility index (Phi) is 6.55. The molecule has 0 radical (unpaired) electrons. The van der Waals surface area contributed by atoms with E-state index < -0.39 is 0 Å². The van der Waals surface area contributed by atoms with Gasteiger partial charge in [-0.05, 0) is 27.3 Å². The zero-order chi connectivity index (χ0) is 19.9. The molecule has 3 rings (SSSR count). The second-order valence-electron chi connectivity index (χ2n) is 6.62. The molecule has 0 bridgehead atoms. The number of amides is 1. The van der Waals surface area contributed by atoms with E-state index in [9.17, 15) is 4.79 Å². The summed E-state index contributed by atoms with van der Waals surface area (Å²) in [6.45, 7) is 5.99.